The molecule has 0 aromatic carbocycles. The van der Waals surface area contributed by atoms with Crippen molar-refractivity contribution in [3.05, 3.63) is 34.4 Å². The monoisotopic (exact) mass is 377 g/mol. The van der Waals surface area contributed by atoms with Gasteiger partial charge in [0.05, 0.1) is 17.6 Å². The highest BCUT2D eigenvalue weighted by molar-refractivity contribution is 9.10. The molecule has 0 radical (unpaired) electrons. The van der Waals surface area contributed by atoms with Gasteiger partial charge in [-0.2, -0.15) is 8.42 Å². The number of aromatic nitrogens is 2. The minimum atomic E-state index is -4.01. The Morgan fingerprint density at radius 2 is 2.00 bits per heavy atom. The molecule has 0 aliphatic heterocycles. The van der Waals surface area contributed by atoms with E-state index in [2.05, 4.69) is 30.8 Å². The van der Waals surface area contributed by atoms with Crippen molar-refractivity contribution in [2.24, 2.45) is 0 Å². The lowest BCUT2D eigenvalue weighted by atomic mass is 9.93. The molecule has 6 nitrogen and oxygen atoms in total. The predicted octanol–water partition coefficient (Wildman–Crippen LogP) is 3.07. The van der Waals surface area contributed by atoms with Gasteiger partial charge in [-0.3, -0.25) is 4.72 Å². The van der Waals surface area contributed by atoms with Crippen LogP contribution in [0, 0.1) is 5.82 Å². The topological polar surface area (TPSA) is 85.1 Å². The standard InChI is InChI=1S/C12H13BrFN3O3S/c1-12(2,3)9-5-10(20-16-9)21(18,19)17-8-4-7(14)6-15-11(8)13/h4-6,17H,1-3H3. The van der Waals surface area contributed by atoms with Crippen LogP contribution in [0.4, 0.5) is 10.1 Å². The van der Waals surface area contributed by atoms with Gasteiger partial charge in [-0.05, 0) is 15.9 Å². The van der Waals surface area contributed by atoms with E-state index in [0.29, 0.717) is 5.69 Å². The van der Waals surface area contributed by atoms with Crippen LogP contribution in [0.2, 0.25) is 0 Å². The van der Waals surface area contributed by atoms with Gasteiger partial charge < -0.3 is 4.52 Å². The third kappa shape index (κ3) is 3.59. The Balaban J connectivity index is 2.35. The Morgan fingerprint density at radius 3 is 2.57 bits per heavy atom. The summed E-state index contributed by atoms with van der Waals surface area (Å²) >= 11 is 3.04. The maximum atomic E-state index is 13.1. The van der Waals surface area contributed by atoms with Gasteiger partial charge in [0.1, 0.15) is 10.4 Å². The van der Waals surface area contributed by atoms with Crippen molar-refractivity contribution in [3.63, 3.8) is 0 Å². The zero-order valence-electron chi connectivity index (χ0n) is 11.5. The molecule has 9 heteroatoms. The number of nitrogens with zero attached hydrogens (tertiary/aromatic N) is 2. The zero-order valence-corrected chi connectivity index (χ0v) is 13.9. The molecule has 0 aliphatic rings. The van der Waals surface area contributed by atoms with E-state index in [0.717, 1.165) is 12.3 Å². The Morgan fingerprint density at radius 1 is 1.33 bits per heavy atom. The Hall–Kier alpha value is -1.48. The second kappa shape index (κ2) is 5.38. The molecule has 0 amide bonds. The first-order valence-corrected chi connectivity index (χ1v) is 8.18. The molecule has 2 aromatic rings. The number of hydrogen-bond acceptors (Lipinski definition) is 5. The van der Waals surface area contributed by atoms with Crippen molar-refractivity contribution in [1.82, 2.24) is 10.1 Å². The van der Waals surface area contributed by atoms with E-state index in [1.807, 2.05) is 20.8 Å². The highest BCUT2D eigenvalue weighted by Gasteiger charge is 2.26. The molecule has 2 rings (SSSR count). The van der Waals surface area contributed by atoms with Crippen molar-refractivity contribution >= 4 is 31.6 Å². The molecular formula is C12H13BrFN3O3S. The third-order valence-electron chi connectivity index (χ3n) is 2.57. The highest BCUT2D eigenvalue weighted by Crippen LogP contribution is 2.26. The SMILES string of the molecule is CC(C)(C)c1cc(S(=O)(=O)Nc2cc(F)cnc2Br)on1. The number of rotatable bonds is 3. The Labute approximate surface area is 129 Å². The lowest BCUT2D eigenvalue weighted by Gasteiger charge is -2.12. The summed E-state index contributed by atoms with van der Waals surface area (Å²) in [5.74, 6) is -0.663. The lowest BCUT2D eigenvalue weighted by Crippen LogP contribution is -2.14. The maximum absolute atomic E-state index is 13.1. The summed E-state index contributed by atoms with van der Waals surface area (Å²) in [5.41, 5.74) is 0.126. The molecule has 0 fully saturated rings. The maximum Gasteiger partial charge on any atom is 0.298 e. The minimum Gasteiger partial charge on any atom is -0.342 e. The van der Waals surface area contributed by atoms with Crippen LogP contribution in [-0.2, 0) is 15.4 Å². The summed E-state index contributed by atoms with van der Waals surface area (Å²) in [6.07, 6.45) is 0.966. The fraction of sp³-hybridized carbons (Fsp3) is 0.333. The first-order chi connectivity index (χ1) is 9.59. The smallest absolute Gasteiger partial charge is 0.298 e. The van der Waals surface area contributed by atoms with E-state index in [4.69, 9.17) is 4.52 Å². The van der Waals surface area contributed by atoms with E-state index in [1.54, 1.807) is 0 Å². The van der Waals surface area contributed by atoms with Crippen LogP contribution < -0.4 is 4.72 Å². The molecule has 2 aromatic heterocycles. The largest absolute Gasteiger partial charge is 0.342 e. The molecule has 1 N–H and O–H groups in total. The molecular weight excluding hydrogens is 365 g/mol. The van der Waals surface area contributed by atoms with Crippen molar-refractivity contribution in [2.45, 2.75) is 31.3 Å². The van der Waals surface area contributed by atoms with Gasteiger partial charge in [-0.1, -0.05) is 25.9 Å². The molecule has 0 unspecified atom stereocenters. The molecule has 0 atom stereocenters. The van der Waals surface area contributed by atoms with Crippen LogP contribution in [0.3, 0.4) is 0 Å². The minimum absolute atomic E-state index is 0.0243. The zero-order chi connectivity index (χ0) is 15.8. The summed E-state index contributed by atoms with van der Waals surface area (Å²) in [6, 6.07) is 2.35. The van der Waals surface area contributed by atoms with Crippen molar-refractivity contribution in [3.8, 4) is 0 Å². The van der Waals surface area contributed by atoms with Gasteiger partial charge in [0.25, 0.3) is 15.1 Å². The number of sulfonamides is 1. The van der Waals surface area contributed by atoms with E-state index < -0.39 is 15.8 Å². The first-order valence-electron chi connectivity index (χ1n) is 5.91. The summed E-state index contributed by atoms with van der Waals surface area (Å²) < 4.78 is 44.7. The molecule has 2 heterocycles. The second-order valence-corrected chi connectivity index (χ2v) is 7.74. The fourth-order valence-electron chi connectivity index (χ4n) is 1.43. The van der Waals surface area contributed by atoms with Crippen LogP contribution in [0.25, 0.3) is 0 Å². The number of nitrogens with one attached hydrogen (secondary N) is 1. The first kappa shape index (κ1) is 15.9. The number of hydrogen-bond donors (Lipinski definition) is 1. The number of pyridine rings is 1. The molecule has 0 saturated heterocycles. The second-order valence-electron chi connectivity index (χ2n) is 5.38. The summed E-state index contributed by atoms with van der Waals surface area (Å²) in [4.78, 5) is 3.67. The van der Waals surface area contributed by atoms with Gasteiger partial charge in [-0.25, -0.2) is 9.37 Å². The highest BCUT2D eigenvalue weighted by atomic mass is 79.9. The fourth-order valence-corrected chi connectivity index (χ4v) is 2.82. The van der Waals surface area contributed by atoms with Crippen LogP contribution >= 0.6 is 15.9 Å². The molecule has 0 spiro atoms. The van der Waals surface area contributed by atoms with Gasteiger partial charge in [-0.15, -0.1) is 0 Å². The Bertz CT molecular complexity index is 768. The van der Waals surface area contributed by atoms with Gasteiger partial charge in [0.2, 0.25) is 0 Å². The average Bonchev–Trinajstić information content (AvgIpc) is 2.83. The normalized spacial score (nSPS) is 12.4. The molecule has 0 saturated carbocycles. The van der Waals surface area contributed by atoms with Gasteiger partial charge in [0, 0.05) is 17.5 Å². The summed E-state index contributed by atoms with van der Waals surface area (Å²) in [5, 5.41) is 3.40. The van der Waals surface area contributed by atoms with E-state index >= 15 is 0 Å². The number of halogens is 2. The summed E-state index contributed by atoms with van der Waals surface area (Å²) in [7, 11) is -4.01. The lowest BCUT2D eigenvalue weighted by molar-refractivity contribution is 0.327. The summed E-state index contributed by atoms with van der Waals surface area (Å²) in [6.45, 7) is 5.63. The predicted molar refractivity (Wildman–Crippen MR) is 77.9 cm³/mol. The van der Waals surface area contributed by atoms with E-state index in [-0.39, 0.29) is 20.8 Å². The quantitative estimate of drug-likeness (QED) is 0.830. The van der Waals surface area contributed by atoms with Crippen molar-refractivity contribution in [1.29, 1.82) is 0 Å². The number of anilines is 1. The van der Waals surface area contributed by atoms with Crippen LogP contribution in [0.5, 0.6) is 0 Å². The van der Waals surface area contributed by atoms with E-state index in [1.165, 1.54) is 6.07 Å². The van der Waals surface area contributed by atoms with Crippen LogP contribution in [0.15, 0.2) is 32.5 Å². The molecule has 114 valence electrons. The van der Waals surface area contributed by atoms with Crippen LogP contribution in [0.1, 0.15) is 26.5 Å². The molecule has 0 aliphatic carbocycles. The molecule has 21 heavy (non-hydrogen) atoms. The van der Waals surface area contributed by atoms with E-state index in [9.17, 15) is 12.8 Å². The van der Waals surface area contributed by atoms with Gasteiger partial charge in [0.15, 0.2) is 0 Å². The Kier molecular flexibility index (Phi) is 4.07. The van der Waals surface area contributed by atoms with Gasteiger partial charge >= 0.3 is 0 Å². The van der Waals surface area contributed by atoms with Crippen molar-refractivity contribution in [2.75, 3.05) is 4.72 Å². The van der Waals surface area contributed by atoms with Crippen LogP contribution in [-0.4, -0.2) is 18.6 Å². The third-order valence-corrected chi connectivity index (χ3v) is 4.41. The average molecular weight is 378 g/mol. The molecule has 0 bridgehead atoms. The van der Waals surface area contributed by atoms with Crippen molar-refractivity contribution < 1.29 is 17.3 Å².